The molecule has 0 amide bonds. The van der Waals surface area contributed by atoms with Gasteiger partial charge in [0.15, 0.2) is 0 Å². The number of hydrogen-bond acceptors (Lipinski definition) is 1. The number of hydrogen-bond donors (Lipinski definition) is 0. The molecule has 0 aliphatic carbocycles. The van der Waals surface area contributed by atoms with Crippen molar-refractivity contribution in [2.75, 3.05) is 6.54 Å². The maximum atomic E-state index is 3.34. The first-order valence-electron chi connectivity index (χ1n) is 5.07. The molecule has 0 saturated carbocycles. The fourth-order valence-electron chi connectivity index (χ4n) is 2.28. The van der Waals surface area contributed by atoms with Gasteiger partial charge in [0.1, 0.15) is 0 Å². The fraction of sp³-hybridized carbons (Fsp3) is 0.818. The van der Waals surface area contributed by atoms with Crippen LogP contribution in [0.5, 0.6) is 0 Å². The molecule has 2 fully saturated rings. The molecule has 2 aliphatic heterocycles. The monoisotopic (exact) mass is 163 g/mol. The Balaban J connectivity index is 1.91. The van der Waals surface area contributed by atoms with E-state index in [2.05, 4.69) is 30.6 Å². The molecule has 1 nitrogen and oxygen atoms in total. The first kappa shape index (κ1) is 8.13. The van der Waals surface area contributed by atoms with Gasteiger partial charge in [0.25, 0.3) is 0 Å². The van der Waals surface area contributed by atoms with E-state index in [4.69, 9.17) is 0 Å². The van der Waals surface area contributed by atoms with Gasteiger partial charge in [0, 0.05) is 31.0 Å². The molecule has 2 saturated heterocycles. The van der Waals surface area contributed by atoms with Gasteiger partial charge < -0.3 is 0 Å². The van der Waals surface area contributed by atoms with E-state index in [0.29, 0.717) is 5.92 Å². The maximum absolute atomic E-state index is 3.34. The summed E-state index contributed by atoms with van der Waals surface area (Å²) < 4.78 is 0. The highest BCUT2D eigenvalue weighted by atomic mass is 15.3. The molecule has 12 heavy (non-hydrogen) atoms. The summed E-state index contributed by atoms with van der Waals surface area (Å²) >= 11 is 0. The van der Waals surface area contributed by atoms with Crippen LogP contribution in [0.3, 0.4) is 0 Å². The van der Waals surface area contributed by atoms with Crippen molar-refractivity contribution in [2.24, 2.45) is 5.92 Å². The van der Waals surface area contributed by atoms with Crippen molar-refractivity contribution < 1.29 is 0 Å². The average molecular weight is 163 g/mol. The van der Waals surface area contributed by atoms with Crippen LogP contribution >= 0.6 is 0 Å². The van der Waals surface area contributed by atoms with Gasteiger partial charge in [0.2, 0.25) is 0 Å². The zero-order valence-corrected chi connectivity index (χ0v) is 8.01. The molecule has 0 radical (unpaired) electrons. The maximum Gasteiger partial charge on any atom is 0.0330 e. The highest BCUT2D eigenvalue weighted by molar-refractivity contribution is 5.11. The Hall–Kier alpha value is -0.480. The second-order valence-corrected chi connectivity index (χ2v) is 3.96. The molecule has 2 rings (SSSR count). The molecule has 4 atom stereocenters. The van der Waals surface area contributed by atoms with Gasteiger partial charge in [-0.2, -0.15) is 0 Å². The molecule has 0 spiro atoms. The van der Waals surface area contributed by atoms with Crippen LogP contribution in [0.2, 0.25) is 0 Å². The molecule has 0 bridgehead atoms. The van der Waals surface area contributed by atoms with E-state index >= 15 is 0 Å². The van der Waals surface area contributed by atoms with E-state index in [9.17, 15) is 0 Å². The van der Waals surface area contributed by atoms with Gasteiger partial charge in [-0.05, 0) is 19.8 Å². The van der Waals surface area contributed by atoms with Crippen molar-refractivity contribution in [3.63, 3.8) is 0 Å². The van der Waals surface area contributed by atoms with E-state index < -0.39 is 0 Å². The molecule has 2 aliphatic rings. The smallest absolute Gasteiger partial charge is 0.0330 e. The zero-order chi connectivity index (χ0) is 8.55. The van der Waals surface area contributed by atoms with Crippen molar-refractivity contribution in [3.05, 3.63) is 0 Å². The van der Waals surface area contributed by atoms with Gasteiger partial charge in [-0.15, -0.1) is 5.92 Å². The molecule has 0 aromatic carbocycles. The second-order valence-electron chi connectivity index (χ2n) is 3.96. The summed E-state index contributed by atoms with van der Waals surface area (Å²) in [5.41, 5.74) is 0. The number of fused-ring (bicyclic) bond motifs is 1. The molecule has 3 unspecified atom stereocenters. The van der Waals surface area contributed by atoms with Crippen LogP contribution in [0.1, 0.15) is 33.1 Å². The van der Waals surface area contributed by atoms with Crippen molar-refractivity contribution in [2.45, 2.75) is 45.2 Å². The van der Waals surface area contributed by atoms with Crippen LogP contribution in [0.15, 0.2) is 0 Å². The molecular formula is C11H17N. The summed E-state index contributed by atoms with van der Waals surface area (Å²) in [6.07, 6.45) is 3.80. The summed E-state index contributed by atoms with van der Waals surface area (Å²) in [5, 5.41) is 0. The standard InChI is InChI=1S/C11H17N/c1-3-4-5-9(2)11-7-6-10-8-12(10)11/h9-11H,3,6-8H2,1-2H3/t9-,10?,11?,12?/m0/s1. The van der Waals surface area contributed by atoms with Gasteiger partial charge in [-0.3, -0.25) is 4.90 Å². The molecule has 0 aromatic rings. The van der Waals surface area contributed by atoms with E-state index in [1.807, 2.05) is 0 Å². The first-order chi connectivity index (χ1) is 5.83. The molecule has 0 N–H and O–H groups in total. The Morgan fingerprint density at radius 1 is 1.50 bits per heavy atom. The van der Waals surface area contributed by atoms with Gasteiger partial charge in [0.05, 0.1) is 0 Å². The van der Waals surface area contributed by atoms with Crippen molar-refractivity contribution in [1.82, 2.24) is 4.90 Å². The Kier molecular flexibility index (Phi) is 2.11. The lowest BCUT2D eigenvalue weighted by Crippen LogP contribution is -2.22. The van der Waals surface area contributed by atoms with Gasteiger partial charge >= 0.3 is 0 Å². The van der Waals surface area contributed by atoms with Crippen LogP contribution in [0.25, 0.3) is 0 Å². The Morgan fingerprint density at radius 3 is 2.83 bits per heavy atom. The van der Waals surface area contributed by atoms with Crippen molar-refractivity contribution >= 4 is 0 Å². The molecule has 2 heterocycles. The van der Waals surface area contributed by atoms with Gasteiger partial charge in [-0.25, -0.2) is 0 Å². The summed E-state index contributed by atoms with van der Waals surface area (Å²) in [6.45, 7) is 5.74. The zero-order valence-electron chi connectivity index (χ0n) is 8.01. The minimum Gasteiger partial charge on any atom is -0.293 e. The van der Waals surface area contributed by atoms with Crippen molar-refractivity contribution in [3.8, 4) is 11.8 Å². The third-order valence-corrected chi connectivity index (χ3v) is 3.06. The number of piperidine rings is 1. The number of nitrogens with zero attached hydrogens (tertiary/aromatic N) is 1. The van der Waals surface area contributed by atoms with E-state index in [0.717, 1.165) is 18.5 Å². The summed E-state index contributed by atoms with van der Waals surface area (Å²) in [7, 11) is 0. The van der Waals surface area contributed by atoms with Crippen LogP contribution in [0.4, 0.5) is 0 Å². The quantitative estimate of drug-likeness (QED) is 0.421. The van der Waals surface area contributed by atoms with Gasteiger partial charge in [-0.1, -0.05) is 12.8 Å². The third-order valence-electron chi connectivity index (χ3n) is 3.06. The molecule has 0 aromatic heterocycles. The predicted octanol–water partition coefficient (Wildman–Crippen LogP) is 1.88. The normalized spacial score (nSPS) is 39.7. The van der Waals surface area contributed by atoms with Crippen LogP contribution in [-0.4, -0.2) is 23.5 Å². The fourth-order valence-corrected chi connectivity index (χ4v) is 2.28. The topological polar surface area (TPSA) is 3.01 Å². The van der Waals surface area contributed by atoms with Crippen LogP contribution < -0.4 is 0 Å². The highest BCUT2D eigenvalue weighted by Gasteiger charge is 2.46. The molecule has 1 heteroatoms. The van der Waals surface area contributed by atoms with Crippen LogP contribution in [-0.2, 0) is 0 Å². The molecule has 66 valence electrons. The predicted molar refractivity (Wildman–Crippen MR) is 50.7 cm³/mol. The van der Waals surface area contributed by atoms with E-state index in [1.165, 1.54) is 19.4 Å². The SMILES string of the molecule is CCC#C[C@H](C)C1CCC2CN21. The Labute approximate surface area is 75.1 Å². The highest BCUT2D eigenvalue weighted by Crippen LogP contribution is 2.38. The summed E-state index contributed by atoms with van der Waals surface area (Å²) in [6, 6.07) is 1.73. The summed E-state index contributed by atoms with van der Waals surface area (Å²) in [5.74, 6) is 7.12. The summed E-state index contributed by atoms with van der Waals surface area (Å²) in [4.78, 5) is 2.61. The average Bonchev–Trinajstić information content (AvgIpc) is 2.74. The second kappa shape index (κ2) is 3.11. The minimum absolute atomic E-state index is 0.595. The number of rotatable bonds is 1. The lowest BCUT2D eigenvalue weighted by Gasteiger charge is -2.16. The van der Waals surface area contributed by atoms with E-state index in [-0.39, 0.29) is 0 Å². The van der Waals surface area contributed by atoms with E-state index in [1.54, 1.807) is 0 Å². The Bertz CT molecular complexity index is 223. The molecular weight excluding hydrogens is 146 g/mol. The van der Waals surface area contributed by atoms with Crippen LogP contribution in [0, 0.1) is 17.8 Å². The third kappa shape index (κ3) is 1.36. The lowest BCUT2D eigenvalue weighted by atomic mass is 9.99. The minimum atomic E-state index is 0.595. The Morgan fingerprint density at radius 2 is 2.33 bits per heavy atom. The van der Waals surface area contributed by atoms with Crippen molar-refractivity contribution in [1.29, 1.82) is 0 Å². The lowest BCUT2D eigenvalue weighted by molar-refractivity contribution is 0.361. The first-order valence-corrected chi connectivity index (χ1v) is 5.07. The largest absolute Gasteiger partial charge is 0.293 e.